The first-order valence-corrected chi connectivity index (χ1v) is 5.01. The van der Waals surface area contributed by atoms with Crippen LogP contribution in [0.3, 0.4) is 0 Å². The molecule has 9 heteroatoms. The number of rotatable bonds is 1. The number of carbonyl (C=O) groups excluding carboxylic acids is 1. The van der Waals surface area contributed by atoms with Gasteiger partial charge in [-0.05, 0) is 28.1 Å². The van der Waals surface area contributed by atoms with E-state index in [1.165, 1.54) is 0 Å². The van der Waals surface area contributed by atoms with Gasteiger partial charge in [0.15, 0.2) is 0 Å². The van der Waals surface area contributed by atoms with Crippen molar-refractivity contribution >= 4 is 21.8 Å². The lowest BCUT2D eigenvalue weighted by Gasteiger charge is -2.15. The van der Waals surface area contributed by atoms with E-state index in [-0.39, 0.29) is 12.1 Å². The van der Waals surface area contributed by atoms with Crippen LogP contribution in [0.5, 0.6) is 0 Å². The van der Waals surface area contributed by atoms with E-state index in [1.54, 1.807) is 0 Å². The molecule has 0 aliphatic heterocycles. The first kappa shape index (κ1) is 14.8. The number of nitrogens with two attached hydrogens (primary N) is 1. The molecule has 100 valence electrons. The standard InChI is InChI=1S/C9H4BrF6NO/c10-6-4(7(17)18)1-3(8(11,12)13)2-5(6)9(14,15)16/h1-2H,(H2,17,18). The third kappa shape index (κ3) is 2.95. The second kappa shape index (κ2) is 4.45. The largest absolute Gasteiger partial charge is 0.417 e. The zero-order valence-corrected chi connectivity index (χ0v) is 9.87. The number of carbonyl (C=O) groups is 1. The third-order valence-corrected chi connectivity index (χ3v) is 2.83. The molecule has 2 N–H and O–H groups in total. The molecule has 0 aliphatic carbocycles. The Morgan fingerprint density at radius 3 is 1.89 bits per heavy atom. The van der Waals surface area contributed by atoms with Crippen LogP contribution in [0, 0.1) is 0 Å². The van der Waals surface area contributed by atoms with E-state index in [4.69, 9.17) is 5.73 Å². The van der Waals surface area contributed by atoms with Crippen LogP contribution in [-0.2, 0) is 12.4 Å². The number of hydrogen-bond donors (Lipinski definition) is 1. The summed E-state index contributed by atoms with van der Waals surface area (Å²) in [5.74, 6) is -1.39. The molecule has 0 spiro atoms. The molecule has 0 aromatic heterocycles. The fraction of sp³-hybridized carbons (Fsp3) is 0.222. The van der Waals surface area contributed by atoms with Gasteiger partial charge in [-0.1, -0.05) is 0 Å². The molecule has 0 bridgehead atoms. The zero-order chi connectivity index (χ0) is 14.3. The number of alkyl halides is 6. The summed E-state index contributed by atoms with van der Waals surface area (Å²) in [5.41, 5.74) is 0.661. The molecule has 0 heterocycles. The average molecular weight is 336 g/mol. The molecule has 0 atom stereocenters. The van der Waals surface area contributed by atoms with Crippen molar-refractivity contribution in [2.45, 2.75) is 12.4 Å². The van der Waals surface area contributed by atoms with Crippen LogP contribution in [0.2, 0.25) is 0 Å². The molecule has 1 amide bonds. The normalized spacial score (nSPS) is 12.6. The summed E-state index contributed by atoms with van der Waals surface area (Å²) in [4.78, 5) is 10.8. The SMILES string of the molecule is NC(=O)c1cc(C(F)(F)F)cc(C(F)(F)F)c1Br. The molecule has 0 unspecified atom stereocenters. The highest BCUT2D eigenvalue weighted by Crippen LogP contribution is 2.40. The van der Waals surface area contributed by atoms with E-state index >= 15 is 0 Å². The molecule has 0 fully saturated rings. The van der Waals surface area contributed by atoms with E-state index in [1.807, 2.05) is 0 Å². The molecule has 1 rings (SSSR count). The predicted molar refractivity (Wildman–Crippen MR) is 52.7 cm³/mol. The summed E-state index contributed by atoms with van der Waals surface area (Å²) in [7, 11) is 0. The van der Waals surface area contributed by atoms with Crippen molar-refractivity contribution < 1.29 is 31.1 Å². The smallest absolute Gasteiger partial charge is 0.366 e. The Labute approximate surface area is 105 Å². The Morgan fingerprint density at radius 1 is 1.06 bits per heavy atom. The van der Waals surface area contributed by atoms with Crippen LogP contribution in [0.15, 0.2) is 16.6 Å². The van der Waals surface area contributed by atoms with Gasteiger partial charge in [0, 0.05) is 4.47 Å². The molecule has 0 saturated heterocycles. The maximum absolute atomic E-state index is 12.5. The van der Waals surface area contributed by atoms with Crippen molar-refractivity contribution in [2.75, 3.05) is 0 Å². The second-order valence-electron chi connectivity index (χ2n) is 3.25. The van der Waals surface area contributed by atoms with Crippen LogP contribution in [-0.4, -0.2) is 5.91 Å². The van der Waals surface area contributed by atoms with Crippen LogP contribution < -0.4 is 5.73 Å². The van der Waals surface area contributed by atoms with E-state index in [0.717, 1.165) is 0 Å². The van der Waals surface area contributed by atoms with Crippen LogP contribution >= 0.6 is 15.9 Å². The summed E-state index contributed by atoms with van der Waals surface area (Å²) in [6, 6.07) is 0.179. The van der Waals surface area contributed by atoms with Crippen molar-refractivity contribution in [1.29, 1.82) is 0 Å². The monoisotopic (exact) mass is 335 g/mol. The molecule has 0 radical (unpaired) electrons. The second-order valence-corrected chi connectivity index (χ2v) is 4.04. The van der Waals surface area contributed by atoms with Gasteiger partial charge in [0.25, 0.3) is 0 Å². The first-order valence-electron chi connectivity index (χ1n) is 4.22. The minimum atomic E-state index is -5.04. The van der Waals surface area contributed by atoms with Crippen molar-refractivity contribution in [3.05, 3.63) is 33.3 Å². The molecule has 18 heavy (non-hydrogen) atoms. The van der Waals surface area contributed by atoms with Gasteiger partial charge in [-0.15, -0.1) is 0 Å². The van der Waals surface area contributed by atoms with Gasteiger partial charge in [0.05, 0.1) is 16.7 Å². The topological polar surface area (TPSA) is 43.1 Å². The van der Waals surface area contributed by atoms with Crippen LogP contribution in [0.1, 0.15) is 21.5 Å². The number of hydrogen-bond acceptors (Lipinski definition) is 1. The van der Waals surface area contributed by atoms with Gasteiger partial charge >= 0.3 is 12.4 Å². The lowest BCUT2D eigenvalue weighted by atomic mass is 10.0. The van der Waals surface area contributed by atoms with E-state index < -0.39 is 39.4 Å². The highest BCUT2D eigenvalue weighted by Gasteiger charge is 2.39. The first-order chi connectivity index (χ1) is 7.94. The average Bonchev–Trinajstić information content (AvgIpc) is 2.13. The molecule has 1 aromatic rings. The van der Waals surface area contributed by atoms with Gasteiger partial charge in [-0.2, -0.15) is 26.3 Å². The Bertz CT molecular complexity index is 493. The summed E-state index contributed by atoms with van der Waals surface area (Å²) < 4.78 is 73.9. The Hall–Kier alpha value is -1.25. The van der Waals surface area contributed by atoms with Gasteiger partial charge < -0.3 is 5.73 Å². The minimum absolute atomic E-state index is 0.0868. The molecular formula is C9H4BrF6NO. The maximum Gasteiger partial charge on any atom is 0.417 e. The molecule has 0 aliphatic rings. The summed E-state index contributed by atoms with van der Waals surface area (Å²) in [5, 5.41) is 0. The summed E-state index contributed by atoms with van der Waals surface area (Å²) in [6.07, 6.45) is -10.0. The third-order valence-electron chi connectivity index (χ3n) is 1.97. The molecular weight excluding hydrogens is 332 g/mol. The van der Waals surface area contributed by atoms with Crippen molar-refractivity contribution in [1.82, 2.24) is 0 Å². The van der Waals surface area contributed by atoms with Gasteiger partial charge in [0.1, 0.15) is 0 Å². The quantitative estimate of drug-likeness (QED) is 0.783. The number of benzene rings is 1. The fourth-order valence-electron chi connectivity index (χ4n) is 1.17. The minimum Gasteiger partial charge on any atom is -0.366 e. The summed E-state index contributed by atoms with van der Waals surface area (Å²) in [6.45, 7) is 0. The van der Waals surface area contributed by atoms with Gasteiger partial charge in [0.2, 0.25) is 5.91 Å². The van der Waals surface area contributed by atoms with Crippen molar-refractivity contribution in [3.8, 4) is 0 Å². The van der Waals surface area contributed by atoms with E-state index in [0.29, 0.717) is 0 Å². The molecule has 0 saturated carbocycles. The van der Waals surface area contributed by atoms with E-state index in [2.05, 4.69) is 15.9 Å². The number of primary amides is 1. The number of amides is 1. The zero-order valence-electron chi connectivity index (χ0n) is 8.29. The lowest BCUT2D eigenvalue weighted by Crippen LogP contribution is -2.18. The molecule has 1 aromatic carbocycles. The predicted octanol–water partition coefficient (Wildman–Crippen LogP) is 3.59. The van der Waals surface area contributed by atoms with Crippen molar-refractivity contribution in [3.63, 3.8) is 0 Å². The Morgan fingerprint density at radius 2 is 1.56 bits per heavy atom. The van der Waals surface area contributed by atoms with Gasteiger partial charge in [-0.3, -0.25) is 4.79 Å². The Balaban J connectivity index is 3.63. The van der Waals surface area contributed by atoms with E-state index in [9.17, 15) is 31.1 Å². The number of halogens is 7. The maximum atomic E-state index is 12.5. The van der Waals surface area contributed by atoms with Crippen molar-refractivity contribution in [2.24, 2.45) is 5.73 Å². The Kier molecular flexibility index (Phi) is 3.66. The van der Waals surface area contributed by atoms with Crippen LogP contribution in [0.4, 0.5) is 26.3 Å². The lowest BCUT2D eigenvalue weighted by molar-refractivity contribution is -0.143. The van der Waals surface area contributed by atoms with Crippen LogP contribution in [0.25, 0.3) is 0 Å². The summed E-state index contributed by atoms with van der Waals surface area (Å²) >= 11 is 2.43. The fourth-order valence-corrected chi connectivity index (χ4v) is 1.82. The molecule has 2 nitrogen and oxygen atoms in total. The highest BCUT2D eigenvalue weighted by atomic mass is 79.9. The van der Waals surface area contributed by atoms with Gasteiger partial charge in [-0.25, -0.2) is 0 Å². The highest BCUT2D eigenvalue weighted by molar-refractivity contribution is 9.10.